The van der Waals surface area contributed by atoms with E-state index < -0.39 is 23.4 Å². The van der Waals surface area contributed by atoms with Gasteiger partial charge >= 0.3 is 5.97 Å². The molecule has 0 aromatic heterocycles. The number of carboxylic acid groups (broad SMARTS) is 1. The monoisotopic (exact) mass is 398 g/mol. The first kappa shape index (κ1) is 20.2. The zero-order valence-corrected chi connectivity index (χ0v) is 16.6. The fourth-order valence-electron chi connectivity index (χ4n) is 3.11. The zero-order chi connectivity index (χ0) is 21.3. The predicted octanol–water partition coefficient (Wildman–Crippen LogP) is 2.84. The number of fused-ring (bicyclic) bond motifs is 1. The van der Waals surface area contributed by atoms with Crippen LogP contribution in [0.4, 0.5) is 11.4 Å². The lowest BCUT2D eigenvalue weighted by molar-refractivity contribution is -0.133. The Morgan fingerprint density at radius 3 is 2.59 bits per heavy atom. The topological polar surface area (TPSA) is 105 Å². The molecule has 0 radical (unpaired) electrons. The lowest BCUT2D eigenvalue weighted by Crippen LogP contribution is -2.54. The Balaban J connectivity index is 1.90. The average molecular weight is 398 g/mol. The number of nitrogens with zero attached hydrogens (tertiary/aromatic N) is 1. The van der Waals surface area contributed by atoms with Crippen LogP contribution in [-0.2, 0) is 9.59 Å². The molecule has 0 atom stereocenters. The molecule has 0 unspecified atom stereocenters. The van der Waals surface area contributed by atoms with Gasteiger partial charge in [-0.1, -0.05) is 6.07 Å². The Kier molecular flexibility index (Phi) is 5.19. The van der Waals surface area contributed by atoms with Crippen molar-refractivity contribution in [2.45, 2.75) is 26.4 Å². The van der Waals surface area contributed by atoms with Crippen LogP contribution in [0.1, 0.15) is 29.8 Å². The molecule has 8 heteroatoms. The van der Waals surface area contributed by atoms with E-state index in [2.05, 4.69) is 5.32 Å². The van der Waals surface area contributed by atoms with Crippen LogP contribution in [0.25, 0.3) is 0 Å². The summed E-state index contributed by atoms with van der Waals surface area (Å²) >= 11 is 0. The molecule has 8 nitrogen and oxygen atoms in total. The highest BCUT2D eigenvalue weighted by Crippen LogP contribution is 2.38. The highest BCUT2D eigenvalue weighted by Gasteiger charge is 2.41. The molecule has 29 heavy (non-hydrogen) atoms. The smallest absolute Gasteiger partial charge is 0.335 e. The molecule has 0 saturated carbocycles. The number of nitrogens with one attached hydrogen (secondary N) is 1. The fraction of sp³-hybridized carbons (Fsp3) is 0.286. The molecule has 0 spiro atoms. The Bertz CT molecular complexity index is 999. The summed E-state index contributed by atoms with van der Waals surface area (Å²) in [6.07, 6.45) is 0. The van der Waals surface area contributed by atoms with Gasteiger partial charge in [0.05, 0.1) is 24.0 Å². The molecular weight excluding hydrogens is 376 g/mol. The summed E-state index contributed by atoms with van der Waals surface area (Å²) in [6.45, 7) is 4.77. The van der Waals surface area contributed by atoms with Gasteiger partial charge in [-0.25, -0.2) is 4.79 Å². The summed E-state index contributed by atoms with van der Waals surface area (Å²) < 4.78 is 11.0. The molecule has 0 bridgehead atoms. The van der Waals surface area contributed by atoms with Crippen LogP contribution >= 0.6 is 0 Å². The van der Waals surface area contributed by atoms with Gasteiger partial charge in [0.25, 0.3) is 5.91 Å². The zero-order valence-electron chi connectivity index (χ0n) is 16.6. The van der Waals surface area contributed by atoms with Crippen LogP contribution < -0.4 is 19.7 Å². The van der Waals surface area contributed by atoms with Crippen LogP contribution in [0, 0.1) is 6.92 Å². The third-order valence-electron chi connectivity index (χ3n) is 4.55. The minimum Gasteiger partial charge on any atom is -0.495 e. The van der Waals surface area contributed by atoms with Crippen LogP contribution in [-0.4, -0.2) is 42.1 Å². The van der Waals surface area contributed by atoms with Gasteiger partial charge in [0.2, 0.25) is 5.91 Å². The number of rotatable bonds is 5. The SMILES string of the molecule is COc1ccc(C)cc1NC(=O)CN1C(=O)C(C)(C)Oc2cc(C(=O)O)ccc21. The van der Waals surface area contributed by atoms with Gasteiger partial charge in [0.15, 0.2) is 5.60 Å². The summed E-state index contributed by atoms with van der Waals surface area (Å²) in [5.41, 5.74) is 0.564. The molecule has 1 aliphatic heterocycles. The number of aryl methyl sites for hydroxylation is 1. The van der Waals surface area contributed by atoms with Gasteiger partial charge in [-0.15, -0.1) is 0 Å². The van der Waals surface area contributed by atoms with E-state index in [0.29, 0.717) is 17.1 Å². The molecule has 0 saturated heterocycles. The number of ether oxygens (including phenoxy) is 2. The van der Waals surface area contributed by atoms with Crippen molar-refractivity contribution in [3.63, 3.8) is 0 Å². The second-order valence-electron chi connectivity index (χ2n) is 7.24. The Labute approximate surface area is 168 Å². The van der Waals surface area contributed by atoms with Crippen LogP contribution in [0.15, 0.2) is 36.4 Å². The van der Waals surface area contributed by atoms with E-state index in [1.54, 1.807) is 26.0 Å². The van der Waals surface area contributed by atoms with E-state index in [1.807, 2.05) is 13.0 Å². The molecule has 2 amide bonds. The minimum absolute atomic E-state index is 0.0304. The summed E-state index contributed by atoms with van der Waals surface area (Å²) in [5, 5.41) is 12.0. The lowest BCUT2D eigenvalue weighted by atomic mass is 10.0. The molecule has 2 aromatic carbocycles. The van der Waals surface area contributed by atoms with Crippen molar-refractivity contribution >= 4 is 29.2 Å². The number of amides is 2. The first-order valence-electron chi connectivity index (χ1n) is 8.95. The molecule has 2 aromatic rings. The van der Waals surface area contributed by atoms with Crippen LogP contribution in [0.5, 0.6) is 11.5 Å². The Morgan fingerprint density at radius 1 is 1.21 bits per heavy atom. The molecule has 1 aliphatic rings. The largest absolute Gasteiger partial charge is 0.495 e. The number of benzene rings is 2. The predicted molar refractivity (Wildman–Crippen MR) is 107 cm³/mol. The number of methoxy groups -OCH3 is 1. The summed E-state index contributed by atoms with van der Waals surface area (Å²) in [6, 6.07) is 9.56. The van der Waals surface area contributed by atoms with Gasteiger partial charge in [-0.2, -0.15) is 0 Å². The molecule has 0 aliphatic carbocycles. The minimum atomic E-state index is -1.24. The molecule has 3 rings (SSSR count). The Morgan fingerprint density at radius 2 is 1.93 bits per heavy atom. The van der Waals surface area contributed by atoms with Crippen molar-refractivity contribution in [2.24, 2.45) is 0 Å². The maximum absolute atomic E-state index is 12.9. The van der Waals surface area contributed by atoms with Crippen molar-refractivity contribution in [1.29, 1.82) is 0 Å². The summed E-state index contributed by atoms with van der Waals surface area (Å²) in [4.78, 5) is 38.1. The van der Waals surface area contributed by atoms with E-state index in [-0.39, 0.29) is 17.9 Å². The third-order valence-corrected chi connectivity index (χ3v) is 4.55. The second-order valence-corrected chi connectivity index (χ2v) is 7.24. The van der Waals surface area contributed by atoms with Gasteiger partial charge < -0.3 is 19.9 Å². The van der Waals surface area contributed by atoms with E-state index >= 15 is 0 Å². The first-order chi connectivity index (χ1) is 13.6. The number of carboxylic acids is 1. The molecular formula is C21H22N2O6. The number of hydrogen-bond donors (Lipinski definition) is 2. The van der Waals surface area contributed by atoms with E-state index in [0.717, 1.165) is 5.56 Å². The third kappa shape index (κ3) is 4.01. The second kappa shape index (κ2) is 7.46. The normalized spacial score (nSPS) is 14.6. The fourth-order valence-corrected chi connectivity index (χ4v) is 3.11. The van der Waals surface area contributed by atoms with Gasteiger partial charge in [0, 0.05) is 0 Å². The molecule has 152 valence electrons. The summed E-state index contributed by atoms with van der Waals surface area (Å²) in [5.74, 6) is -1.20. The molecule has 1 heterocycles. The molecule has 2 N–H and O–H groups in total. The van der Waals surface area contributed by atoms with Gasteiger partial charge in [0.1, 0.15) is 18.0 Å². The average Bonchev–Trinajstić information content (AvgIpc) is 2.64. The maximum atomic E-state index is 12.9. The van der Waals surface area contributed by atoms with E-state index in [9.17, 15) is 19.5 Å². The van der Waals surface area contributed by atoms with Crippen LogP contribution in [0.2, 0.25) is 0 Å². The number of aromatic carboxylic acids is 1. The van der Waals surface area contributed by atoms with Crippen molar-refractivity contribution in [3.05, 3.63) is 47.5 Å². The first-order valence-corrected chi connectivity index (χ1v) is 8.95. The highest BCUT2D eigenvalue weighted by molar-refractivity contribution is 6.08. The number of hydrogen-bond acceptors (Lipinski definition) is 5. The molecule has 0 fully saturated rings. The quantitative estimate of drug-likeness (QED) is 0.802. The highest BCUT2D eigenvalue weighted by atomic mass is 16.5. The van der Waals surface area contributed by atoms with Crippen molar-refractivity contribution in [2.75, 3.05) is 23.9 Å². The number of anilines is 2. The summed E-state index contributed by atoms with van der Waals surface area (Å²) in [7, 11) is 1.50. The van der Waals surface area contributed by atoms with Gasteiger partial charge in [-0.3, -0.25) is 14.5 Å². The van der Waals surface area contributed by atoms with Crippen molar-refractivity contribution in [3.8, 4) is 11.5 Å². The van der Waals surface area contributed by atoms with Crippen molar-refractivity contribution in [1.82, 2.24) is 0 Å². The van der Waals surface area contributed by atoms with Crippen molar-refractivity contribution < 1.29 is 29.0 Å². The number of carbonyl (C=O) groups excluding carboxylic acids is 2. The standard InChI is InChI=1S/C21H22N2O6/c1-12-5-8-16(28-4)14(9-12)22-18(24)11-23-15-7-6-13(19(25)26)10-17(15)29-21(2,3)20(23)27/h5-10H,11H2,1-4H3,(H,22,24)(H,25,26). The maximum Gasteiger partial charge on any atom is 0.335 e. The van der Waals surface area contributed by atoms with Crippen LogP contribution in [0.3, 0.4) is 0 Å². The lowest BCUT2D eigenvalue weighted by Gasteiger charge is -2.38. The number of carbonyl (C=O) groups is 3. The van der Waals surface area contributed by atoms with E-state index in [4.69, 9.17) is 9.47 Å². The Hall–Kier alpha value is -3.55. The van der Waals surface area contributed by atoms with E-state index in [1.165, 1.54) is 30.2 Å². The van der Waals surface area contributed by atoms with Gasteiger partial charge in [-0.05, 0) is 56.7 Å².